The van der Waals surface area contributed by atoms with E-state index in [4.69, 9.17) is 19.2 Å². The molecule has 1 aliphatic heterocycles. The minimum atomic E-state index is -0.430. The molecule has 0 spiro atoms. The van der Waals surface area contributed by atoms with E-state index >= 15 is 0 Å². The molecule has 4 aromatic rings. The number of fused-ring (bicyclic) bond motifs is 3. The average molecular weight is 534 g/mol. The fourth-order valence-corrected chi connectivity index (χ4v) is 5.57. The highest BCUT2D eigenvalue weighted by Gasteiger charge is 2.29. The predicted octanol–water partition coefficient (Wildman–Crippen LogP) is 4.74. The second kappa shape index (κ2) is 10.8. The molecule has 0 saturated carbocycles. The molecular formula is C29H39N7O3. The van der Waals surface area contributed by atoms with E-state index in [0.29, 0.717) is 23.0 Å². The number of benzene rings is 1. The number of aromatic amines is 1. The minimum absolute atomic E-state index is 0.0152. The molecule has 39 heavy (non-hydrogen) atoms. The molecule has 0 radical (unpaired) electrons. The molecule has 0 unspecified atom stereocenters. The Labute approximate surface area is 228 Å². The van der Waals surface area contributed by atoms with Gasteiger partial charge < -0.3 is 29.8 Å². The number of hydrogen-bond donors (Lipinski definition) is 3. The first-order chi connectivity index (χ1) is 18.7. The Bertz CT molecular complexity index is 1480. The van der Waals surface area contributed by atoms with E-state index in [-0.39, 0.29) is 17.9 Å². The number of likely N-dealkylation sites (tertiary alicyclic amines) is 1. The number of ether oxygens (including phenoxy) is 1. The number of H-pyrrole nitrogens is 1. The average Bonchev–Trinajstić information content (AvgIpc) is 3.44. The molecule has 10 heteroatoms. The van der Waals surface area contributed by atoms with Gasteiger partial charge in [-0.2, -0.15) is 0 Å². The van der Waals surface area contributed by atoms with Gasteiger partial charge in [-0.1, -0.05) is 25.4 Å². The quantitative estimate of drug-likeness (QED) is 0.297. The first-order valence-corrected chi connectivity index (χ1v) is 13.8. The van der Waals surface area contributed by atoms with E-state index in [9.17, 15) is 4.79 Å². The molecular weight excluding hydrogens is 494 g/mol. The van der Waals surface area contributed by atoms with Crippen LogP contribution in [0.1, 0.15) is 50.4 Å². The fourth-order valence-electron chi connectivity index (χ4n) is 5.57. The van der Waals surface area contributed by atoms with E-state index in [2.05, 4.69) is 46.6 Å². The van der Waals surface area contributed by atoms with Gasteiger partial charge in [0, 0.05) is 22.5 Å². The van der Waals surface area contributed by atoms with Gasteiger partial charge in [0.2, 0.25) is 5.91 Å². The molecule has 2 atom stereocenters. The standard InChI is InChI=1S/C29H39N7O3/c1-8-15(2)26(29(37)32-19-9-11-36(6)12-10-19)34-28-25-20-14-23(38-7)21(24-16(3)35-39-17(24)4)13-22(20)33-27(25)30-18(5)31-28/h13-15,19,26H,8-12H2,1-7H3,(H,32,37)(H2,30,31,33,34)/t15-,26-/m0/s1. The summed E-state index contributed by atoms with van der Waals surface area (Å²) in [4.78, 5) is 28.8. The van der Waals surface area contributed by atoms with Gasteiger partial charge in [0.1, 0.15) is 34.8 Å². The Balaban J connectivity index is 1.56. The second-order valence-corrected chi connectivity index (χ2v) is 10.9. The van der Waals surface area contributed by atoms with Crippen LogP contribution in [0.5, 0.6) is 5.75 Å². The number of hydrogen-bond acceptors (Lipinski definition) is 8. The number of carbonyl (C=O) groups excluding carboxylic acids is 1. The minimum Gasteiger partial charge on any atom is -0.496 e. The number of aromatic nitrogens is 4. The van der Waals surface area contributed by atoms with Crippen LogP contribution < -0.4 is 15.4 Å². The van der Waals surface area contributed by atoms with Gasteiger partial charge in [-0.05, 0) is 71.8 Å². The van der Waals surface area contributed by atoms with E-state index < -0.39 is 6.04 Å². The van der Waals surface area contributed by atoms with Crippen molar-refractivity contribution in [1.29, 1.82) is 0 Å². The summed E-state index contributed by atoms with van der Waals surface area (Å²) < 4.78 is 11.2. The van der Waals surface area contributed by atoms with Gasteiger partial charge in [0.25, 0.3) is 0 Å². The lowest BCUT2D eigenvalue weighted by Gasteiger charge is -2.32. The summed E-state index contributed by atoms with van der Waals surface area (Å²) in [6, 6.07) is 3.80. The van der Waals surface area contributed by atoms with Crippen molar-refractivity contribution in [1.82, 2.24) is 30.3 Å². The van der Waals surface area contributed by atoms with Crippen molar-refractivity contribution < 1.29 is 14.1 Å². The van der Waals surface area contributed by atoms with Crippen LogP contribution in [-0.4, -0.2) is 70.2 Å². The molecule has 208 valence electrons. The lowest BCUT2D eigenvalue weighted by Crippen LogP contribution is -2.50. The van der Waals surface area contributed by atoms with Crippen LogP contribution in [0.4, 0.5) is 5.82 Å². The summed E-state index contributed by atoms with van der Waals surface area (Å²) >= 11 is 0. The molecule has 1 fully saturated rings. The van der Waals surface area contributed by atoms with Gasteiger partial charge in [0.15, 0.2) is 0 Å². The van der Waals surface area contributed by atoms with Crippen molar-refractivity contribution in [2.45, 2.75) is 66.0 Å². The highest BCUT2D eigenvalue weighted by molar-refractivity contribution is 6.13. The van der Waals surface area contributed by atoms with Crippen LogP contribution in [0, 0.1) is 26.7 Å². The van der Waals surface area contributed by atoms with Crippen LogP contribution in [0.3, 0.4) is 0 Å². The number of nitrogens with zero attached hydrogens (tertiary/aromatic N) is 4. The third-order valence-corrected chi connectivity index (χ3v) is 8.04. The molecule has 1 aromatic carbocycles. The van der Waals surface area contributed by atoms with E-state index in [1.54, 1.807) is 7.11 Å². The summed E-state index contributed by atoms with van der Waals surface area (Å²) in [5.41, 5.74) is 4.19. The van der Waals surface area contributed by atoms with Gasteiger partial charge in [0.05, 0.1) is 23.8 Å². The van der Waals surface area contributed by atoms with E-state index in [1.807, 2.05) is 32.9 Å². The Morgan fingerprint density at radius 3 is 2.62 bits per heavy atom. The maximum absolute atomic E-state index is 13.6. The van der Waals surface area contributed by atoms with Crippen LogP contribution in [0.2, 0.25) is 0 Å². The number of nitrogens with one attached hydrogen (secondary N) is 3. The topological polar surface area (TPSA) is 121 Å². The summed E-state index contributed by atoms with van der Waals surface area (Å²) in [5.74, 6) is 2.80. The molecule has 3 aromatic heterocycles. The van der Waals surface area contributed by atoms with E-state index in [1.165, 1.54) is 0 Å². The lowest BCUT2D eigenvalue weighted by atomic mass is 9.96. The normalized spacial score (nSPS) is 16.5. The third kappa shape index (κ3) is 5.17. The monoisotopic (exact) mass is 533 g/mol. The van der Waals surface area contributed by atoms with Gasteiger partial charge in [-0.25, -0.2) is 9.97 Å². The Kier molecular flexibility index (Phi) is 7.48. The zero-order chi connectivity index (χ0) is 27.8. The summed E-state index contributed by atoms with van der Waals surface area (Å²) in [6.45, 7) is 11.9. The van der Waals surface area contributed by atoms with Crippen molar-refractivity contribution in [2.24, 2.45) is 5.92 Å². The number of rotatable bonds is 8. The zero-order valence-corrected chi connectivity index (χ0v) is 23.9. The first kappa shape index (κ1) is 26.9. The first-order valence-electron chi connectivity index (χ1n) is 13.8. The van der Waals surface area contributed by atoms with Crippen LogP contribution in [0.25, 0.3) is 33.1 Å². The second-order valence-electron chi connectivity index (χ2n) is 10.9. The number of piperidine rings is 1. The molecule has 0 bridgehead atoms. The summed E-state index contributed by atoms with van der Waals surface area (Å²) in [6.07, 6.45) is 2.78. The number of carbonyl (C=O) groups is 1. The summed E-state index contributed by atoms with van der Waals surface area (Å²) in [5, 5.41) is 12.7. The number of amides is 1. The molecule has 1 aliphatic rings. The third-order valence-electron chi connectivity index (χ3n) is 8.04. The lowest BCUT2D eigenvalue weighted by molar-refractivity contribution is -0.123. The number of methoxy groups -OCH3 is 1. The number of aryl methyl sites for hydroxylation is 3. The van der Waals surface area contributed by atoms with Crippen LogP contribution >= 0.6 is 0 Å². The predicted molar refractivity (Wildman–Crippen MR) is 153 cm³/mol. The highest BCUT2D eigenvalue weighted by Crippen LogP contribution is 2.40. The molecule has 0 aliphatic carbocycles. The Morgan fingerprint density at radius 1 is 1.23 bits per heavy atom. The van der Waals surface area contributed by atoms with Crippen molar-refractivity contribution in [2.75, 3.05) is 32.6 Å². The van der Waals surface area contributed by atoms with Crippen LogP contribution in [-0.2, 0) is 4.79 Å². The molecule has 10 nitrogen and oxygen atoms in total. The SMILES string of the molecule is CC[C@H](C)[C@H](Nc1nc(C)nc2[nH]c3cc(-c4c(C)noc4C)c(OC)cc3c12)C(=O)NC1CCN(C)CC1. The number of anilines is 1. The van der Waals surface area contributed by atoms with E-state index in [0.717, 1.165) is 71.2 Å². The van der Waals surface area contributed by atoms with Crippen molar-refractivity contribution in [3.05, 3.63) is 29.4 Å². The molecule has 3 N–H and O–H groups in total. The van der Waals surface area contributed by atoms with Crippen molar-refractivity contribution >= 4 is 33.7 Å². The maximum Gasteiger partial charge on any atom is 0.243 e. The maximum atomic E-state index is 13.6. The molecule has 1 amide bonds. The van der Waals surface area contributed by atoms with Gasteiger partial charge in [-0.15, -0.1) is 0 Å². The smallest absolute Gasteiger partial charge is 0.243 e. The Morgan fingerprint density at radius 2 is 1.97 bits per heavy atom. The fraction of sp³-hybridized carbons (Fsp3) is 0.517. The van der Waals surface area contributed by atoms with Crippen molar-refractivity contribution in [3.63, 3.8) is 0 Å². The van der Waals surface area contributed by atoms with Gasteiger partial charge in [-0.3, -0.25) is 4.79 Å². The molecule has 5 rings (SSSR count). The highest BCUT2D eigenvalue weighted by atomic mass is 16.5. The zero-order valence-electron chi connectivity index (χ0n) is 23.9. The van der Waals surface area contributed by atoms with Crippen LogP contribution in [0.15, 0.2) is 16.7 Å². The largest absolute Gasteiger partial charge is 0.496 e. The molecule has 1 saturated heterocycles. The Hall–Kier alpha value is -3.66. The summed E-state index contributed by atoms with van der Waals surface area (Å²) in [7, 11) is 3.78. The van der Waals surface area contributed by atoms with Gasteiger partial charge >= 0.3 is 0 Å². The van der Waals surface area contributed by atoms with Crippen molar-refractivity contribution in [3.8, 4) is 16.9 Å². The molecule has 4 heterocycles.